The van der Waals surface area contributed by atoms with E-state index in [2.05, 4.69) is 10.9 Å². The fourth-order valence-corrected chi connectivity index (χ4v) is 2.12. The van der Waals surface area contributed by atoms with E-state index in [0.29, 0.717) is 18.4 Å². The zero-order valence-electron chi connectivity index (χ0n) is 10.5. The number of aliphatic carboxylic acids is 1. The molecule has 1 amide bonds. The average Bonchev–Trinajstić information content (AvgIpc) is 2.46. The lowest BCUT2D eigenvalue weighted by atomic mass is 9.91. The van der Waals surface area contributed by atoms with Gasteiger partial charge in [-0.25, -0.2) is 4.79 Å². The average molecular weight is 260 g/mol. The maximum Gasteiger partial charge on any atom is 0.332 e. The van der Waals surface area contributed by atoms with Crippen molar-refractivity contribution < 1.29 is 14.7 Å². The van der Waals surface area contributed by atoms with Crippen molar-refractivity contribution in [1.29, 1.82) is 0 Å². The lowest BCUT2D eigenvalue weighted by Gasteiger charge is -2.17. The first kappa shape index (κ1) is 13.1. The van der Waals surface area contributed by atoms with Crippen molar-refractivity contribution in [2.24, 2.45) is 0 Å². The van der Waals surface area contributed by atoms with Gasteiger partial charge in [-0.05, 0) is 37.8 Å². The van der Waals surface area contributed by atoms with E-state index in [4.69, 9.17) is 5.11 Å². The van der Waals surface area contributed by atoms with Gasteiger partial charge >= 0.3 is 5.97 Å². The van der Waals surface area contributed by atoms with Gasteiger partial charge in [0, 0.05) is 11.1 Å². The zero-order valence-corrected chi connectivity index (χ0v) is 10.5. The van der Waals surface area contributed by atoms with E-state index in [1.807, 2.05) is 30.3 Å². The van der Waals surface area contributed by atoms with E-state index in [-0.39, 0.29) is 11.5 Å². The Bertz CT molecular complexity index is 509. The van der Waals surface area contributed by atoms with Gasteiger partial charge < -0.3 is 5.11 Å². The molecule has 0 atom stereocenters. The van der Waals surface area contributed by atoms with Crippen LogP contribution in [-0.2, 0) is 9.59 Å². The Hall–Kier alpha value is -2.30. The first-order chi connectivity index (χ1) is 9.18. The quantitative estimate of drug-likeness (QED) is 0.724. The van der Waals surface area contributed by atoms with Gasteiger partial charge in [0.1, 0.15) is 0 Å². The molecule has 100 valence electrons. The van der Waals surface area contributed by atoms with Crippen LogP contribution in [0.1, 0.15) is 25.7 Å². The van der Waals surface area contributed by atoms with Gasteiger partial charge in [0.05, 0.1) is 5.69 Å². The standard InChI is InChI=1S/C14H16N2O3/c17-13(16-15-10-6-2-1-3-7-10)11-8-4-5-9-12(11)14(18)19/h1-3,6-7,15H,4-5,8-9H2,(H,16,17)(H,18,19). The summed E-state index contributed by atoms with van der Waals surface area (Å²) < 4.78 is 0. The van der Waals surface area contributed by atoms with Crippen molar-refractivity contribution in [2.45, 2.75) is 25.7 Å². The molecule has 1 aromatic rings. The predicted molar refractivity (Wildman–Crippen MR) is 71.3 cm³/mol. The van der Waals surface area contributed by atoms with Crippen LogP contribution in [0.3, 0.4) is 0 Å². The van der Waals surface area contributed by atoms with Crippen molar-refractivity contribution in [3.63, 3.8) is 0 Å². The predicted octanol–water partition coefficient (Wildman–Crippen LogP) is 2.08. The van der Waals surface area contributed by atoms with E-state index in [9.17, 15) is 9.59 Å². The minimum atomic E-state index is -0.996. The number of rotatable bonds is 4. The highest BCUT2D eigenvalue weighted by molar-refractivity contribution is 6.02. The summed E-state index contributed by atoms with van der Waals surface area (Å²) in [5.74, 6) is -1.36. The number of benzene rings is 1. The van der Waals surface area contributed by atoms with Gasteiger partial charge in [0.2, 0.25) is 0 Å². The lowest BCUT2D eigenvalue weighted by molar-refractivity contribution is -0.133. The summed E-state index contributed by atoms with van der Waals surface area (Å²) in [5.41, 5.74) is 6.68. The number of carbonyl (C=O) groups excluding carboxylic acids is 1. The first-order valence-corrected chi connectivity index (χ1v) is 6.25. The normalized spacial score (nSPS) is 14.9. The SMILES string of the molecule is O=C(O)C1=C(C(=O)NNc2ccccc2)CCCC1. The van der Waals surface area contributed by atoms with E-state index >= 15 is 0 Å². The molecule has 2 rings (SSSR count). The number of anilines is 1. The van der Waals surface area contributed by atoms with Crippen LogP contribution in [0.25, 0.3) is 0 Å². The monoisotopic (exact) mass is 260 g/mol. The Kier molecular flexibility index (Phi) is 4.18. The number of amides is 1. The fourth-order valence-electron chi connectivity index (χ4n) is 2.12. The van der Waals surface area contributed by atoms with Crippen molar-refractivity contribution in [1.82, 2.24) is 5.43 Å². The number of nitrogens with one attached hydrogen (secondary N) is 2. The molecule has 0 aromatic heterocycles. The largest absolute Gasteiger partial charge is 0.478 e. The highest BCUT2D eigenvalue weighted by Crippen LogP contribution is 2.25. The number of hydrazine groups is 1. The van der Waals surface area contributed by atoms with Crippen LogP contribution >= 0.6 is 0 Å². The third-order valence-corrected chi connectivity index (χ3v) is 3.09. The molecule has 0 heterocycles. The smallest absolute Gasteiger partial charge is 0.332 e. The molecule has 3 N–H and O–H groups in total. The van der Waals surface area contributed by atoms with Crippen molar-refractivity contribution in [3.8, 4) is 0 Å². The van der Waals surface area contributed by atoms with Crippen molar-refractivity contribution >= 4 is 17.6 Å². The van der Waals surface area contributed by atoms with Crippen LogP contribution in [0.5, 0.6) is 0 Å². The van der Waals surface area contributed by atoms with Gasteiger partial charge in [-0.2, -0.15) is 0 Å². The van der Waals surface area contributed by atoms with Crippen LogP contribution in [0, 0.1) is 0 Å². The molecule has 0 saturated carbocycles. The second-order valence-corrected chi connectivity index (χ2v) is 4.41. The maximum atomic E-state index is 12.0. The number of carboxylic acids is 1. The van der Waals surface area contributed by atoms with Gasteiger partial charge in [0.25, 0.3) is 5.91 Å². The summed E-state index contributed by atoms with van der Waals surface area (Å²) in [6.07, 6.45) is 2.66. The molecule has 1 aliphatic carbocycles. The second kappa shape index (κ2) is 6.04. The Balaban J connectivity index is 2.04. The van der Waals surface area contributed by atoms with E-state index in [0.717, 1.165) is 18.5 Å². The second-order valence-electron chi connectivity index (χ2n) is 4.41. The molecule has 0 bridgehead atoms. The van der Waals surface area contributed by atoms with E-state index < -0.39 is 5.97 Å². The third kappa shape index (κ3) is 3.34. The molecular weight excluding hydrogens is 244 g/mol. The molecule has 5 heteroatoms. The van der Waals surface area contributed by atoms with E-state index in [1.54, 1.807) is 0 Å². The summed E-state index contributed by atoms with van der Waals surface area (Å²) in [5, 5.41) is 9.08. The van der Waals surface area contributed by atoms with Gasteiger partial charge in [-0.3, -0.25) is 15.6 Å². The van der Waals surface area contributed by atoms with Gasteiger partial charge in [-0.15, -0.1) is 0 Å². The minimum absolute atomic E-state index is 0.235. The van der Waals surface area contributed by atoms with Crippen molar-refractivity contribution in [3.05, 3.63) is 41.5 Å². The molecule has 0 aliphatic heterocycles. The van der Waals surface area contributed by atoms with Crippen LogP contribution in [0.15, 0.2) is 41.5 Å². The van der Waals surface area contributed by atoms with Crippen LogP contribution in [0.4, 0.5) is 5.69 Å². The van der Waals surface area contributed by atoms with Gasteiger partial charge in [-0.1, -0.05) is 18.2 Å². The molecule has 19 heavy (non-hydrogen) atoms. The molecular formula is C14H16N2O3. The van der Waals surface area contributed by atoms with Crippen LogP contribution in [0.2, 0.25) is 0 Å². The topological polar surface area (TPSA) is 78.4 Å². The molecule has 0 spiro atoms. The highest BCUT2D eigenvalue weighted by Gasteiger charge is 2.23. The molecule has 0 fully saturated rings. The summed E-state index contributed by atoms with van der Waals surface area (Å²) in [4.78, 5) is 23.1. The molecule has 0 radical (unpaired) electrons. The first-order valence-electron chi connectivity index (χ1n) is 6.25. The Morgan fingerprint density at radius 1 is 1.00 bits per heavy atom. The summed E-state index contributed by atoms with van der Waals surface area (Å²) >= 11 is 0. The molecule has 1 aromatic carbocycles. The Morgan fingerprint density at radius 2 is 1.63 bits per heavy atom. The number of para-hydroxylation sites is 1. The number of hydrogen-bond donors (Lipinski definition) is 3. The zero-order chi connectivity index (χ0) is 13.7. The number of hydrogen-bond acceptors (Lipinski definition) is 3. The fraction of sp³-hybridized carbons (Fsp3) is 0.286. The van der Waals surface area contributed by atoms with Crippen molar-refractivity contribution in [2.75, 3.05) is 5.43 Å². The lowest BCUT2D eigenvalue weighted by Crippen LogP contribution is -2.32. The highest BCUT2D eigenvalue weighted by atomic mass is 16.4. The number of carbonyl (C=O) groups is 2. The van der Waals surface area contributed by atoms with Crippen LogP contribution < -0.4 is 10.9 Å². The van der Waals surface area contributed by atoms with Gasteiger partial charge in [0.15, 0.2) is 0 Å². The molecule has 0 saturated heterocycles. The molecule has 1 aliphatic rings. The minimum Gasteiger partial charge on any atom is -0.478 e. The molecule has 5 nitrogen and oxygen atoms in total. The number of carboxylic acid groups (broad SMARTS) is 1. The summed E-state index contributed by atoms with van der Waals surface area (Å²) in [6, 6.07) is 9.19. The summed E-state index contributed by atoms with van der Waals surface area (Å²) in [6.45, 7) is 0. The summed E-state index contributed by atoms with van der Waals surface area (Å²) in [7, 11) is 0. The van der Waals surface area contributed by atoms with E-state index in [1.165, 1.54) is 0 Å². The Morgan fingerprint density at radius 3 is 2.26 bits per heavy atom. The van der Waals surface area contributed by atoms with Crippen LogP contribution in [-0.4, -0.2) is 17.0 Å². The molecule has 0 unspecified atom stereocenters. The Labute approximate surface area is 111 Å². The maximum absolute atomic E-state index is 12.0. The third-order valence-electron chi connectivity index (χ3n) is 3.09.